The first-order chi connectivity index (χ1) is 13.5. The lowest BCUT2D eigenvalue weighted by atomic mass is 10.1. The molecule has 7 heteroatoms. The van der Waals surface area contributed by atoms with Crippen LogP contribution in [0.15, 0.2) is 54.6 Å². The molecule has 140 valence electrons. The van der Waals surface area contributed by atoms with Gasteiger partial charge in [0.1, 0.15) is 11.5 Å². The maximum absolute atomic E-state index is 14.1. The quantitative estimate of drug-likeness (QED) is 0.568. The van der Waals surface area contributed by atoms with Gasteiger partial charge in [0.25, 0.3) is 5.91 Å². The number of rotatable bonds is 3. The van der Waals surface area contributed by atoms with Crippen LogP contribution in [0.25, 0.3) is 16.6 Å². The van der Waals surface area contributed by atoms with Gasteiger partial charge in [-0.15, -0.1) is 0 Å². The molecule has 0 unspecified atom stereocenters. The Morgan fingerprint density at radius 1 is 0.964 bits per heavy atom. The Bertz CT molecular complexity index is 1200. The van der Waals surface area contributed by atoms with Crippen LogP contribution in [0.4, 0.5) is 14.6 Å². The molecule has 0 aliphatic heterocycles. The summed E-state index contributed by atoms with van der Waals surface area (Å²) in [4.78, 5) is 17.2. The van der Waals surface area contributed by atoms with Crippen LogP contribution in [-0.2, 0) is 0 Å². The zero-order valence-electron chi connectivity index (χ0n) is 15.2. The summed E-state index contributed by atoms with van der Waals surface area (Å²) in [6, 6.07) is 14.7. The molecular weight excluding hydrogens is 362 g/mol. The highest BCUT2D eigenvalue weighted by Gasteiger charge is 2.23. The minimum atomic E-state index is -0.756. The minimum absolute atomic E-state index is 0.248. The van der Waals surface area contributed by atoms with Gasteiger partial charge in [0, 0.05) is 5.39 Å². The van der Waals surface area contributed by atoms with Crippen molar-refractivity contribution in [1.82, 2.24) is 14.8 Å². The number of pyridine rings is 1. The number of benzene rings is 2. The molecule has 0 atom stereocenters. The van der Waals surface area contributed by atoms with Gasteiger partial charge in [-0.05, 0) is 44.2 Å². The second-order valence-corrected chi connectivity index (χ2v) is 6.37. The Morgan fingerprint density at radius 2 is 1.68 bits per heavy atom. The maximum Gasteiger partial charge on any atom is 0.260 e. The van der Waals surface area contributed by atoms with Crippen LogP contribution in [-0.4, -0.2) is 20.7 Å². The molecule has 5 nitrogen and oxygen atoms in total. The molecular formula is C21H16F2N4O. The third-order valence-corrected chi connectivity index (χ3v) is 4.51. The fraction of sp³-hybridized carbons (Fsp3) is 0.0952. The average molecular weight is 378 g/mol. The molecule has 0 fully saturated rings. The molecule has 28 heavy (non-hydrogen) atoms. The first-order valence-electron chi connectivity index (χ1n) is 8.63. The average Bonchev–Trinajstić information content (AvgIpc) is 2.95. The third-order valence-electron chi connectivity index (χ3n) is 4.51. The van der Waals surface area contributed by atoms with Crippen LogP contribution in [0.3, 0.4) is 0 Å². The summed E-state index contributed by atoms with van der Waals surface area (Å²) in [7, 11) is 0. The van der Waals surface area contributed by atoms with Crippen LogP contribution in [0.1, 0.15) is 21.7 Å². The van der Waals surface area contributed by atoms with Gasteiger partial charge in [0.2, 0.25) is 0 Å². The van der Waals surface area contributed by atoms with Gasteiger partial charge in [-0.1, -0.05) is 24.3 Å². The number of para-hydroxylation sites is 2. The number of halogens is 2. The Hall–Kier alpha value is -3.61. The number of carbonyl (C=O) groups is 1. The SMILES string of the molecule is Cc1nn(-c2c(F)cccc2F)c(C)c1C(=O)Nc1ccc2ccccc2n1. The Kier molecular flexibility index (Phi) is 4.35. The van der Waals surface area contributed by atoms with Crippen molar-refractivity contribution < 1.29 is 13.6 Å². The molecule has 0 radical (unpaired) electrons. The number of hydrogen-bond acceptors (Lipinski definition) is 3. The number of nitrogens with one attached hydrogen (secondary N) is 1. The molecule has 4 aromatic rings. The largest absolute Gasteiger partial charge is 0.306 e. The lowest BCUT2D eigenvalue weighted by Gasteiger charge is -2.08. The van der Waals surface area contributed by atoms with Crippen molar-refractivity contribution in [2.24, 2.45) is 0 Å². The number of anilines is 1. The minimum Gasteiger partial charge on any atom is -0.306 e. The van der Waals surface area contributed by atoms with E-state index in [1.54, 1.807) is 19.9 Å². The number of hydrogen-bond donors (Lipinski definition) is 1. The molecule has 0 saturated carbocycles. The zero-order valence-corrected chi connectivity index (χ0v) is 15.2. The number of carbonyl (C=O) groups excluding carboxylic acids is 1. The first kappa shape index (κ1) is 17.8. The van der Waals surface area contributed by atoms with E-state index in [2.05, 4.69) is 15.4 Å². The molecule has 2 heterocycles. The standard InChI is InChI=1S/C21H16F2N4O/c1-12-19(13(2)27(26-12)20-15(22)7-5-8-16(20)23)21(28)25-18-11-10-14-6-3-4-9-17(14)24-18/h3-11H,1-2H3,(H,24,25,28). The molecule has 0 aliphatic rings. The summed E-state index contributed by atoms with van der Waals surface area (Å²) >= 11 is 0. The molecule has 0 saturated heterocycles. The number of aromatic nitrogens is 3. The monoisotopic (exact) mass is 378 g/mol. The summed E-state index contributed by atoms with van der Waals surface area (Å²) in [5.41, 5.74) is 1.37. The molecule has 0 aliphatic carbocycles. The van der Waals surface area contributed by atoms with E-state index in [9.17, 15) is 13.6 Å². The van der Waals surface area contributed by atoms with Crippen LogP contribution in [0.2, 0.25) is 0 Å². The van der Waals surface area contributed by atoms with Crippen LogP contribution >= 0.6 is 0 Å². The van der Waals surface area contributed by atoms with Crippen molar-refractivity contribution in [3.8, 4) is 5.69 Å². The van der Waals surface area contributed by atoms with E-state index < -0.39 is 17.5 Å². The number of nitrogens with zero attached hydrogens (tertiary/aromatic N) is 3. The van der Waals surface area contributed by atoms with Crippen LogP contribution < -0.4 is 5.32 Å². The highest BCUT2D eigenvalue weighted by atomic mass is 19.1. The molecule has 1 amide bonds. The number of aryl methyl sites for hydroxylation is 1. The lowest BCUT2D eigenvalue weighted by Crippen LogP contribution is -2.15. The van der Waals surface area contributed by atoms with Gasteiger partial charge in [0.05, 0.1) is 22.5 Å². The summed E-state index contributed by atoms with van der Waals surface area (Å²) in [6.45, 7) is 3.21. The van der Waals surface area contributed by atoms with Gasteiger partial charge in [-0.3, -0.25) is 4.79 Å². The van der Waals surface area contributed by atoms with Crippen LogP contribution in [0.5, 0.6) is 0 Å². The zero-order chi connectivity index (χ0) is 19.8. The van der Waals surface area contributed by atoms with Crippen molar-refractivity contribution in [3.63, 3.8) is 0 Å². The summed E-state index contributed by atoms with van der Waals surface area (Å²) < 4.78 is 29.4. The molecule has 1 N–H and O–H groups in total. The van der Waals surface area contributed by atoms with E-state index in [0.717, 1.165) is 27.7 Å². The van der Waals surface area contributed by atoms with E-state index in [-0.39, 0.29) is 11.3 Å². The summed E-state index contributed by atoms with van der Waals surface area (Å²) in [5.74, 6) is -1.57. The Balaban J connectivity index is 1.71. The van der Waals surface area contributed by atoms with Gasteiger partial charge in [-0.2, -0.15) is 5.10 Å². The molecule has 0 spiro atoms. The van der Waals surface area contributed by atoms with E-state index >= 15 is 0 Å². The fourth-order valence-electron chi connectivity index (χ4n) is 3.19. The fourth-order valence-corrected chi connectivity index (χ4v) is 3.19. The lowest BCUT2D eigenvalue weighted by molar-refractivity contribution is 0.102. The normalized spacial score (nSPS) is 11.0. The second kappa shape index (κ2) is 6.84. The highest BCUT2D eigenvalue weighted by Crippen LogP contribution is 2.23. The molecule has 2 aromatic carbocycles. The van der Waals surface area contributed by atoms with Crippen molar-refractivity contribution in [1.29, 1.82) is 0 Å². The van der Waals surface area contributed by atoms with Crippen molar-refractivity contribution in [2.75, 3.05) is 5.32 Å². The van der Waals surface area contributed by atoms with Gasteiger partial charge in [0.15, 0.2) is 11.6 Å². The Labute approximate surface area is 159 Å². The molecule has 2 aromatic heterocycles. The number of fused-ring (bicyclic) bond motifs is 1. The van der Waals surface area contributed by atoms with E-state index in [4.69, 9.17) is 0 Å². The smallest absolute Gasteiger partial charge is 0.260 e. The predicted octanol–water partition coefficient (Wildman–Crippen LogP) is 4.57. The number of amides is 1. The molecule has 0 bridgehead atoms. The van der Waals surface area contributed by atoms with E-state index in [0.29, 0.717) is 17.2 Å². The van der Waals surface area contributed by atoms with Gasteiger partial charge < -0.3 is 5.32 Å². The highest BCUT2D eigenvalue weighted by molar-refractivity contribution is 6.05. The third kappa shape index (κ3) is 3.00. The van der Waals surface area contributed by atoms with Crippen LogP contribution in [0, 0.1) is 25.5 Å². The Morgan fingerprint density at radius 3 is 2.43 bits per heavy atom. The van der Waals surface area contributed by atoms with Gasteiger partial charge >= 0.3 is 0 Å². The first-order valence-corrected chi connectivity index (χ1v) is 8.63. The van der Waals surface area contributed by atoms with Crippen molar-refractivity contribution in [3.05, 3.63) is 83.2 Å². The maximum atomic E-state index is 14.1. The summed E-state index contributed by atoms with van der Waals surface area (Å²) in [5, 5.41) is 7.86. The van der Waals surface area contributed by atoms with E-state index in [1.165, 1.54) is 6.07 Å². The second-order valence-electron chi connectivity index (χ2n) is 6.37. The predicted molar refractivity (Wildman–Crippen MR) is 103 cm³/mol. The van der Waals surface area contributed by atoms with Crippen molar-refractivity contribution in [2.45, 2.75) is 13.8 Å². The van der Waals surface area contributed by atoms with Gasteiger partial charge in [-0.25, -0.2) is 18.4 Å². The summed E-state index contributed by atoms with van der Waals surface area (Å²) in [6.07, 6.45) is 0. The van der Waals surface area contributed by atoms with E-state index in [1.807, 2.05) is 30.3 Å². The van der Waals surface area contributed by atoms with Crippen molar-refractivity contribution >= 4 is 22.6 Å². The topological polar surface area (TPSA) is 59.8 Å². The molecule has 4 rings (SSSR count).